The molecule has 0 aliphatic carbocycles. The van der Waals surface area contributed by atoms with Gasteiger partial charge in [-0.1, -0.05) is 11.2 Å². The summed E-state index contributed by atoms with van der Waals surface area (Å²) in [4.78, 5) is 13.1. The highest BCUT2D eigenvalue weighted by molar-refractivity contribution is 7.92. The summed E-state index contributed by atoms with van der Waals surface area (Å²) in [5, 5.41) is 9.77. The molecule has 1 fully saturated rings. The molecule has 0 saturated carbocycles. The molecule has 198 valence electrons. The van der Waals surface area contributed by atoms with Gasteiger partial charge < -0.3 is 9.15 Å². The number of hydrogen-bond acceptors (Lipinski definition) is 9. The van der Waals surface area contributed by atoms with Crippen molar-refractivity contribution in [1.29, 1.82) is 0 Å². The van der Waals surface area contributed by atoms with Crippen LogP contribution in [0.3, 0.4) is 0 Å². The summed E-state index contributed by atoms with van der Waals surface area (Å²) >= 11 is 0. The van der Waals surface area contributed by atoms with Crippen LogP contribution in [0.2, 0.25) is 0 Å². The fourth-order valence-electron chi connectivity index (χ4n) is 3.93. The van der Waals surface area contributed by atoms with Crippen molar-refractivity contribution in [3.63, 3.8) is 0 Å². The van der Waals surface area contributed by atoms with E-state index in [2.05, 4.69) is 15.5 Å². The lowest BCUT2D eigenvalue weighted by atomic mass is 9.97. The Balaban J connectivity index is 1.38. The molecule has 0 atom stereocenters. The summed E-state index contributed by atoms with van der Waals surface area (Å²) in [6.07, 6.45) is 0.661. The van der Waals surface area contributed by atoms with E-state index in [0.29, 0.717) is 24.2 Å². The summed E-state index contributed by atoms with van der Waals surface area (Å²) < 4.78 is 62.8. The molecule has 2 heterocycles. The SMILES string of the molecule is COc1ccc(S(=O)(=O)N2CCC(C(=O)Nc3nnc(-c4cccc(S(=O)(=O)C(C)C)c4)o3)CC2)cc1. The van der Waals surface area contributed by atoms with Crippen molar-refractivity contribution in [3.8, 4) is 17.2 Å². The highest BCUT2D eigenvalue weighted by Crippen LogP contribution is 2.27. The van der Waals surface area contributed by atoms with Crippen molar-refractivity contribution >= 4 is 31.8 Å². The van der Waals surface area contributed by atoms with Crippen LogP contribution < -0.4 is 10.1 Å². The monoisotopic (exact) mass is 548 g/mol. The fraction of sp³-hybridized carbons (Fsp3) is 0.375. The zero-order chi connectivity index (χ0) is 26.8. The number of benzene rings is 2. The Morgan fingerprint density at radius 2 is 1.70 bits per heavy atom. The van der Waals surface area contributed by atoms with Crippen LogP contribution in [0.4, 0.5) is 6.01 Å². The van der Waals surface area contributed by atoms with Crippen LogP contribution in [0.25, 0.3) is 11.5 Å². The Morgan fingerprint density at radius 1 is 1.03 bits per heavy atom. The van der Waals surface area contributed by atoms with Crippen LogP contribution in [-0.2, 0) is 24.7 Å². The zero-order valence-corrected chi connectivity index (χ0v) is 22.3. The van der Waals surface area contributed by atoms with Gasteiger partial charge in [-0.25, -0.2) is 16.8 Å². The highest BCUT2D eigenvalue weighted by Gasteiger charge is 2.32. The summed E-state index contributed by atoms with van der Waals surface area (Å²) in [6.45, 7) is 3.58. The maximum Gasteiger partial charge on any atom is 0.322 e. The maximum atomic E-state index is 12.9. The van der Waals surface area contributed by atoms with Gasteiger partial charge in [0.15, 0.2) is 9.84 Å². The Bertz CT molecular complexity index is 1480. The smallest absolute Gasteiger partial charge is 0.322 e. The fourth-order valence-corrected chi connectivity index (χ4v) is 6.50. The second-order valence-electron chi connectivity index (χ2n) is 8.88. The van der Waals surface area contributed by atoms with Crippen molar-refractivity contribution < 1.29 is 30.8 Å². The molecule has 1 aliphatic rings. The third-order valence-corrected chi connectivity index (χ3v) is 10.3. The molecule has 1 N–H and O–H groups in total. The van der Waals surface area contributed by atoms with Gasteiger partial charge in [0.05, 0.1) is 22.2 Å². The second kappa shape index (κ2) is 10.6. The van der Waals surface area contributed by atoms with E-state index in [9.17, 15) is 21.6 Å². The molecule has 1 aromatic heterocycles. The van der Waals surface area contributed by atoms with Crippen LogP contribution in [0.15, 0.2) is 62.7 Å². The first kappa shape index (κ1) is 26.8. The quantitative estimate of drug-likeness (QED) is 0.448. The average Bonchev–Trinajstić information content (AvgIpc) is 3.37. The molecule has 2 aromatic carbocycles. The summed E-state index contributed by atoms with van der Waals surface area (Å²) in [5.74, 6) is -0.159. The molecule has 1 aliphatic heterocycles. The number of ether oxygens (including phenoxy) is 1. The number of hydrogen-bond donors (Lipinski definition) is 1. The number of sulfonamides is 1. The lowest BCUT2D eigenvalue weighted by molar-refractivity contribution is -0.121. The molecule has 13 heteroatoms. The van der Waals surface area contributed by atoms with Gasteiger partial charge >= 0.3 is 6.01 Å². The van der Waals surface area contributed by atoms with Crippen LogP contribution in [0, 0.1) is 5.92 Å². The molecule has 1 saturated heterocycles. The van der Waals surface area contributed by atoms with E-state index in [1.807, 2.05) is 0 Å². The minimum Gasteiger partial charge on any atom is -0.497 e. The lowest BCUT2D eigenvalue weighted by Crippen LogP contribution is -2.41. The number of aromatic nitrogens is 2. The number of carbonyl (C=O) groups excluding carboxylic acids is 1. The Morgan fingerprint density at radius 3 is 2.32 bits per heavy atom. The van der Waals surface area contributed by atoms with Gasteiger partial charge in [0.1, 0.15) is 5.75 Å². The van der Waals surface area contributed by atoms with Gasteiger partial charge in [0.25, 0.3) is 0 Å². The predicted octanol–water partition coefficient (Wildman–Crippen LogP) is 2.97. The number of piperidine rings is 1. The van der Waals surface area contributed by atoms with Crippen molar-refractivity contribution in [1.82, 2.24) is 14.5 Å². The number of sulfone groups is 1. The summed E-state index contributed by atoms with van der Waals surface area (Å²) in [7, 11) is -5.66. The van der Waals surface area contributed by atoms with E-state index < -0.39 is 31.0 Å². The standard InChI is InChI=1S/C24H28N4O7S2/c1-16(2)36(30,31)21-6-4-5-18(15-21)23-26-27-24(35-23)25-22(29)17-11-13-28(14-12-17)37(32,33)20-9-7-19(34-3)8-10-20/h4-10,15-17H,11-14H2,1-3H3,(H,25,27,29). The average molecular weight is 549 g/mol. The number of methoxy groups -OCH3 is 1. The van der Waals surface area contributed by atoms with Crippen LogP contribution in [-0.4, -0.2) is 62.7 Å². The molecule has 0 bridgehead atoms. The maximum absolute atomic E-state index is 12.9. The van der Waals surface area contributed by atoms with Gasteiger partial charge in [0, 0.05) is 24.6 Å². The summed E-state index contributed by atoms with van der Waals surface area (Å²) in [5.41, 5.74) is 0.409. The summed E-state index contributed by atoms with van der Waals surface area (Å²) in [6, 6.07) is 12.2. The molecule has 37 heavy (non-hydrogen) atoms. The number of carbonyl (C=O) groups is 1. The van der Waals surface area contributed by atoms with E-state index in [1.54, 1.807) is 38.1 Å². The molecule has 0 unspecified atom stereocenters. The number of rotatable bonds is 8. The van der Waals surface area contributed by atoms with Crippen molar-refractivity contribution in [2.75, 3.05) is 25.5 Å². The molecule has 0 radical (unpaired) electrons. The van der Waals surface area contributed by atoms with E-state index in [-0.39, 0.29) is 40.7 Å². The first-order chi connectivity index (χ1) is 17.5. The van der Waals surface area contributed by atoms with E-state index >= 15 is 0 Å². The van der Waals surface area contributed by atoms with Crippen molar-refractivity contribution in [2.45, 2.75) is 41.7 Å². The minimum absolute atomic E-state index is 0.0662. The van der Waals surface area contributed by atoms with Gasteiger partial charge in [-0.05, 0) is 69.2 Å². The van der Waals surface area contributed by atoms with Crippen molar-refractivity contribution in [2.24, 2.45) is 5.92 Å². The third kappa shape index (κ3) is 5.68. The Labute approximate surface area is 215 Å². The molecule has 0 spiro atoms. The van der Waals surface area contributed by atoms with Crippen LogP contribution in [0.1, 0.15) is 26.7 Å². The molecule has 11 nitrogen and oxygen atoms in total. The first-order valence-electron chi connectivity index (χ1n) is 11.7. The predicted molar refractivity (Wildman–Crippen MR) is 135 cm³/mol. The van der Waals surface area contributed by atoms with E-state index in [4.69, 9.17) is 9.15 Å². The molecular weight excluding hydrogens is 520 g/mol. The zero-order valence-electron chi connectivity index (χ0n) is 20.6. The minimum atomic E-state index is -3.68. The number of anilines is 1. The van der Waals surface area contributed by atoms with Gasteiger partial charge in [-0.15, -0.1) is 5.10 Å². The first-order valence-corrected chi connectivity index (χ1v) is 14.6. The molecule has 1 amide bonds. The van der Waals surface area contributed by atoms with E-state index in [0.717, 1.165) is 0 Å². The largest absolute Gasteiger partial charge is 0.497 e. The Hall–Kier alpha value is -3.29. The van der Waals surface area contributed by atoms with Gasteiger partial charge in [-0.2, -0.15) is 4.31 Å². The van der Waals surface area contributed by atoms with Crippen molar-refractivity contribution in [3.05, 3.63) is 48.5 Å². The number of nitrogens with zero attached hydrogens (tertiary/aromatic N) is 3. The highest BCUT2D eigenvalue weighted by atomic mass is 32.2. The van der Waals surface area contributed by atoms with Gasteiger partial charge in [-0.3, -0.25) is 10.1 Å². The number of nitrogens with one attached hydrogen (secondary N) is 1. The number of amides is 1. The topological polar surface area (TPSA) is 149 Å². The Kier molecular flexibility index (Phi) is 7.67. The third-order valence-electron chi connectivity index (χ3n) is 6.21. The normalized spacial score (nSPS) is 15.6. The molecule has 3 aromatic rings. The second-order valence-corrected chi connectivity index (χ2v) is 13.3. The molecule has 4 rings (SSSR count). The van der Waals surface area contributed by atoms with Crippen LogP contribution in [0.5, 0.6) is 5.75 Å². The van der Waals surface area contributed by atoms with Crippen LogP contribution >= 0.6 is 0 Å². The van der Waals surface area contributed by atoms with Gasteiger partial charge in [0.2, 0.25) is 21.8 Å². The lowest BCUT2D eigenvalue weighted by Gasteiger charge is -2.30. The van der Waals surface area contributed by atoms with E-state index in [1.165, 1.54) is 35.7 Å². The molecular formula is C24H28N4O7S2.